The number of likely N-dealkylation sites (tertiary alicyclic amines) is 1. The average molecular weight is 646 g/mol. The van der Waals surface area contributed by atoms with Gasteiger partial charge >= 0.3 is 12.3 Å². The number of aryl methyl sites for hydroxylation is 1. The molecule has 1 saturated heterocycles. The Kier molecular flexibility index (Phi) is 10.5. The van der Waals surface area contributed by atoms with Crippen molar-refractivity contribution in [1.29, 1.82) is 0 Å². The Morgan fingerprint density at radius 2 is 1.77 bits per heavy atom. The zero-order chi connectivity index (χ0) is 32.5. The van der Waals surface area contributed by atoms with Gasteiger partial charge in [-0.25, -0.2) is 13.2 Å². The Hall–Kier alpha value is -2.83. The molecule has 3 rings (SSSR count). The fraction of sp³-hybridized carbons (Fsp3) is 0.533. The summed E-state index contributed by atoms with van der Waals surface area (Å²) in [7, 11) is -0.807. The van der Waals surface area contributed by atoms with Crippen molar-refractivity contribution in [2.24, 2.45) is 0 Å². The quantitative estimate of drug-likeness (QED) is 0.339. The highest BCUT2D eigenvalue weighted by molar-refractivity contribution is 7.91. The number of hydrogen-bond acceptors (Lipinski definition) is 6. The summed E-state index contributed by atoms with van der Waals surface area (Å²) >= 11 is 6.45. The number of benzene rings is 2. The van der Waals surface area contributed by atoms with Crippen LogP contribution in [0.25, 0.3) is 0 Å². The molecule has 1 fully saturated rings. The minimum absolute atomic E-state index is 0.0640. The molecule has 0 unspecified atom stereocenters. The first-order valence-corrected chi connectivity index (χ1v) is 16.0. The first kappa shape index (κ1) is 34.7. The minimum Gasteiger partial charge on any atom is -0.444 e. The van der Waals surface area contributed by atoms with Crippen molar-refractivity contribution in [3.8, 4) is 0 Å². The fourth-order valence-electron chi connectivity index (χ4n) is 4.98. The van der Waals surface area contributed by atoms with Crippen LogP contribution in [0.4, 0.5) is 23.7 Å². The van der Waals surface area contributed by atoms with Gasteiger partial charge in [-0.05, 0) is 82.5 Å². The molecule has 0 bridgehead atoms. The van der Waals surface area contributed by atoms with E-state index < -0.39 is 39.2 Å². The maximum absolute atomic E-state index is 14.4. The van der Waals surface area contributed by atoms with Crippen LogP contribution < -0.4 is 4.90 Å². The molecule has 0 aliphatic carbocycles. The first-order valence-electron chi connectivity index (χ1n) is 13.9. The van der Waals surface area contributed by atoms with E-state index in [2.05, 4.69) is 0 Å². The van der Waals surface area contributed by atoms with Gasteiger partial charge in [0.25, 0.3) is 5.91 Å². The number of piperidine rings is 1. The molecule has 238 valence electrons. The van der Waals surface area contributed by atoms with E-state index in [0.717, 1.165) is 11.0 Å². The van der Waals surface area contributed by atoms with Crippen molar-refractivity contribution in [2.75, 3.05) is 37.8 Å². The standard InChI is InChI=1S/C30H39ClF3N3O5S/c1-8-43(40,41)26-12-11-19(2)14-25(26)36(7)27(38)20-15-23(30(32,33)34)22(24(31)16-20)18-37-13-9-10-21(17-37)35(6)28(39)42-29(3,4)5/h11-12,14-16,21H,8-10,13,17-18H2,1-7H3/t21-/m0/s1. The lowest BCUT2D eigenvalue weighted by molar-refractivity contribution is -0.138. The van der Waals surface area contributed by atoms with E-state index >= 15 is 0 Å². The van der Waals surface area contributed by atoms with Gasteiger partial charge in [0.05, 0.1) is 21.9 Å². The highest BCUT2D eigenvalue weighted by Gasteiger charge is 2.37. The van der Waals surface area contributed by atoms with Crippen LogP contribution in [0, 0.1) is 6.92 Å². The number of hydrogen-bond donors (Lipinski definition) is 0. The van der Waals surface area contributed by atoms with E-state index in [1.165, 1.54) is 37.1 Å². The Balaban J connectivity index is 1.93. The van der Waals surface area contributed by atoms with Crippen molar-refractivity contribution >= 4 is 39.1 Å². The van der Waals surface area contributed by atoms with E-state index in [-0.39, 0.29) is 45.1 Å². The van der Waals surface area contributed by atoms with Gasteiger partial charge in [0.2, 0.25) is 0 Å². The molecule has 8 nitrogen and oxygen atoms in total. The third kappa shape index (κ3) is 8.42. The number of ether oxygens (including phenoxy) is 1. The Morgan fingerprint density at radius 1 is 1.12 bits per heavy atom. The third-order valence-electron chi connectivity index (χ3n) is 7.33. The molecule has 1 heterocycles. The predicted molar refractivity (Wildman–Crippen MR) is 160 cm³/mol. The molecule has 13 heteroatoms. The molecule has 0 saturated carbocycles. The third-order valence-corrected chi connectivity index (χ3v) is 9.45. The van der Waals surface area contributed by atoms with Gasteiger partial charge in [0.1, 0.15) is 5.60 Å². The fourth-order valence-corrected chi connectivity index (χ4v) is 6.36. The summed E-state index contributed by atoms with van der Waals surface area (Å²) in [6.45, 7) is 9.12. The van der Waals surface area contributed by atoms with Gasteiger partial charge in [-0.1, -0.05) is 24.6 Å². The van der Waals surface area contributed by atoms with Crippen LogP contribution >= 0.6 is 11.6 Å². The van der Waals surface area contributed by atoms with Gasteiger partial charge in [-0.15, -0.1) is 0 Å². The van der Waals surface area contributed by atoms with Crippen LogP contribution in [0.5, 0.6) is 0 Å². The predicted octanol–water partition coefficient (Wildman–Crippen LogP) is 6.57. The van der Waals surface area contributed by atoms with Crippen LogP contribution in [0.3, 0.4) is 0 Å². The van der Waals surface area contributed by atoms with E-state index in [1.807, 2.05) is 0 Å². The molecule has 1 aliphatic heterocycles. The maximum atomic E-state index is 14.4. The van der Waals surface area contributed by atoms with Gasteiger partial charge in [0.15, 0.2) is 9.84 Å². The smallest absolute Gasteiger partial charge is 0.416 e. The summed E-state index contributed by atoms with van der Waals surface area (Å²) in [5, 5.41) is -0.236. The number of anilines is 1. The number of halogens is 4. The summed E-state index contributed by atoms with van der Waals surface area (Å²) in [4.78, 5) is 30.3. The molecule has 2 amide bonds. The van der Waals surface area contributed by atoms with Crippen molar-refractivity contribution in [3.05, 3.63) is 57.6 Å². The van der Waals surface area contributed by atoms with Crippen molar-refractivity contribution in [1.82, 2.24) is 9.80 Å². The zero-order valence-corrected chi connectivity index (χ0v) is 27.1. The maximum Gasteiger partial charge on any atom is 0.416 e. The van der Waals surface area contributed by atoms with Gasteiger partial charge in [-0.2, -0.15) is 13.2 Å². The Labute approximate surface area is 256 Å². The van der Waals surface area contributed by atoms with Crippen LogP contribution in [0.2, 0.25) is 5.02 Å². The monoisotopic (exact) mass is 645 g/mol. The summed E-state index contributed by atoms with van der Waals surface area (Å²) in [6.07, 6.45) is -4.02. The molecule has 0 aromatic heterocycles. The number of sulfone groups is 1. The average Bonchev–Trinajstić information content (AvgIpc) is 2.91. The highest BCUT2D eigenvalue weighted by atomic mass is 35.5. The van der Waals surface area contributed by atoms with E-state index in [0.29, 0.717) is 31.5 Å². The Bertz CT molecular complexity index is 1470. The second-order valence-electron chi connectivity index (χ2n) is 11.8. The molecular formula is C30H39ClF3N3O5S. The van der Waals surface area contributed by atoms with Crippen LogP contribution in [0.1, 0.15) is 67.6 Å². The normalized spacial score (nSPS) is 16.6. The van der Waals surface area contributed by atoms with E-state index in [9.17, 15) is 31.2 Å². The van der Waals surface area contributed by atoms with E-state index in [4.69, 9.17) is 16.3 Å². The second-order valence-corrected chi connectivity index (χ2v) is 14.5. The number of nitrogens with zero attached hydrogens (tertiary/aromatic N) is 3. The van der Waals surface area contributed by atoms with Gasteiger partial charge in [0, 0.05) is 43.8 Å². The van der Waals surface area contributed by atoms with Crippen molar-refractivity contribution < 1.29 is 35.9 Å². The van der Waals surface area contributed by atoms with Crippen LogP contribution in [-0.4, -0.2) is 74.8 Å². The number of amides is 2. The molecular weight excluding hydrogens is 607 g/mol. The van der Waals surface area contributed by atoms with Crippen molar-refractivity contribution in [2.45, 2.75) is 76.7 Å². The molecule has 1 aliphatic rings. The molecule has 0 radical (unpaired) electrons. The number of carbonyl (C=O) groups is 2. The van der Waals surface area contributed by atoms with Crippen molar-refractivity contribution in [3.63, 3.8) is 0 Å². The molecule has 1 atom stereocenters. The minimum atomic E-state index is -4.82. The lowest BCUT2D eigenvalue weighted by Crippen LogP contribution is -2.49. The van der Waals surface area contributed by atoms with Gasteiger partial charge in [-0.3, -0.25) is 9.69 Å². The highest BCUT2D eigenvalue weighted by Crippen LogP contribution is 2.38. The molecule has 2 aromatic carbocycles. The second kappa shape index (κ2) is 13.0. The SMILES string of the molecule is CCS(=O)(=O)c1ccc(C)cc1N(C)C(=O)c1cc(Cl)c(CN2CCC[C@H](N(C)C(=O)OC(C)(C)C)C2)c(C(F)(F)F)c1. The summed E-state index contributed by atoms with van der Waals surface area (Å²) < 4.78 is 74.0. The number of likely N-dealkylation sites (N-methyl/N-ethyl adjacent to an activating group) is 1. The molecule has 43 heavy (non-hydrogen) atoms. The summed E-state index contributed by atoms with van der Waals surface area (Å²) in [5.74, 6) is -1.05. The largest absolute Gasteiger partial charge is 0.444 e. The number of alkyl halides is 3. The zero-order valence-electron chi connectivity index (χ0n) is 25.5. The molecule has 0 N–H and O–H groups in total. The summed E-state index contributed by atoms with van der Waals surface area (Å²) in [6, 6.07) is 6.16. The lowest BCUT2D eigenvalue weighted by atomic mass is 9.99. The Morgan fingerprint density at radius 3 is 2.35 bits per heavy atom. The van der Waals surface area contributed by atoms with Crippen LogP contribution in [-0.2, 0) is 27.3 Å². The lowest BCUT2D eigenvalue weighted by Gasteiger charge is -2.38. The van der Waals surface area contributed by atoms with Crippen LogP contribution in [0.15, 0.2) is 35.2 Å². The number of rotatable bonds is 7. The first-order chi connectivity index (χ1) is 19.7. The summed E-state index contributed by atoms with van der Waals surface area (Å²) in [5.41, 5.74) is -1.51. The molecule has 2 aromatic rings. The molecule has 0 spiro atoms. The number of carbonyl (C=O) groups excluding carboxylic acids is 2. The van der Waals surface area contributed by atoms with Gasteiger partial charge < -0.3 is 14.5 Å². The van der Waals surface area contributed by atoms with E-state index in [1.54, 1.807) is 45.7 Å². The topological polar surface area (TPSA) is 87.2 Å².